The first-order valence-corrected chi connectivity index (χ1v) is 11.1. The van der Waals surface area contributed by atoms with Gasteiger partial charge < -0.3 is 14.6 Å². The van der Waals surface area contributed by atoms with Crippen LogP contribution < -0.4 is 4.74 Å². The number of benzene rings is 3. The van der Waals surface area contributed by atoms with Crippen LogP contribution in [0.4, 0.5) is 17.6 Å². The molecule has 0 amide bonds. The third kappa shape index (κ3) is 5.01. The first-order chi connectivity index (χ1) is 16.8. The maximum Gasteiger partial charge on any atom is 0.224 e. The SMILES string of the molecule is CCc1ccc(-c2ccc(OC(O)c3ccc(C4=CCC(OC)C(F)=C4F)cc3)c(F)c2F)cc1. The summed E-state index contributed by atoms with van der Waals surface area (Å²) in [6.07, 6.45) is -0.0165. The molecule has 3 aromatic rings. The molecular weight excluding hydrogens is 460 g/mol. The highest BCUT2D eigenvalue weighted by Crippen LogP contribution is 2.36. The average molecular weight is 484 g/mol. The van der Waals surface area contributed by atoms with Crippen molar-refractivity contribution in [2.24, 2.45) is 0 Å². The molecule has 1 N–H and O–H groups in total. The Kier molecular flexibility index (Phi) is 7.38. The van der Waals surface area contributed by atoms with Gasteiger partial charge in [-0.1, -0.05) is 61.5 Å². The molecule has 0 radical (unpaired) electrons. The first-order valence-electron chi connectivity index (χ1n) is 11.1. The van der Waals surface area contributed by atoms with Gasteiger partial charge in [0.2, 0.25) is 12.1 Å². The van der Waals surface area contributed by atoms with Crippen LogP contribution in [0.15, 0.2) is 78.4 Å². The number of rotatable bonds is 7. The lowest BCUT2D eigenvalue weighted by Crippen LogP contribution is -2.15. The van der Waals surface area contributed by atoms with Gasteiger partial charge in [-0.05, 0) is 41.7 Å². The molecule has 3 nitrogen and oxygen atoms in total. The zero-order valence-corrected chi connectivity index (χ0v) is 19.2. The van der Waals surface area contributed by atoms with Gasteiger partial charge >= 0.3 is 0 Å². The van der Waals surface area contributed by atoms with Crippen molar-refractivity contribution >= 4 is 5.57 Å². The molecule has 1 aliphatic carbocycles. The maximum absolute atomic E-state index is 14.7. The number of halogens is 4. The van der Waals surface area contributed by atoms with Crippen molar-refractivity contribution < 1.29 is 32.1 Å². The predicted octanol–water partition coefficient (Wildman–Crippen LogP) is 7.22. The Morgan fingerprint density at radius 1 is 0.886 bits per heavy atom. The molecule has 3 aromatic carbocycles. The Morgan fingerprint density at radius 3 is 2.17 bits per heavy atom. The first kappa shape index (κ1) is 24.7. The quantitative estimate of drug-likeness (QED) is 0.284. The third-order valence-electron chi connectivity index (χ3n) is 6.01. The number of hydrogen-bond acceptors (Lipinski definition) is 3. The standard InChI is InChI=1S/C28H24F4O3/c1-3-16-4-6-17(7-5-16)21-13-15-23(27(32)25(21)30)35-28(33)19-10-8-18(9-11-19)20-12-14-22(34-2)26(31)24(20)29/h4-13,15,22,28,33H,3,14H2,1-2H3. The molecule has 0 saturated carbocycles. The van der Waals surface area contributed by atoms with E-state index < -0.39 is 41.4 Å². The highest BCUT2D eigenvalue weighted by atomic mass is 19.2. The second-order valence-electron chi connectivity index (χ2n) is 8.12. The van der Waals surface area contributed by atoms with Crippen LogP contribution in [0.1, 0.15) is 36.3 Å². The smallest absolute Gasteiger partial charge is 0.224 e. The van der Waals surface area contributed by atoms with E-state index in [1.54, 1.807) is 12.1 Å². The molecule has 0 aliphatic heterocycles. The van der Waals surface area contributed by atoms with Gasteiger partial charge in [0.15, 0.2) is 23.2 Å². The van der Waals surface area contributed by atoms with Gasteiger partial charge in [-0.15, -0.1) is 0 Å². The Labute approximate surface area is 200 Å². The summed E-state index contributed by atoms with van der Waals surface area (Å²) >= 11 is 0. The van der Waals surface area contributed by atoms with Crippen molar-refractivity contribution in [1.82, 2.24) is 0 Å². The molecule has 7 heteroatoms. The molecule has 4 rings (SSSR count). The lowest BCUT2D eigenvalue weighted by atomic mass is 9.95. The number of allylic oxidation sites excluding steroid dienone is 2. The molecule has 2 atom stereocenters. The van der Waals surface area contributed by atoms with E-state index in [9.17, 15) is 22.7 Å². The van der Waals surface area contributed by atoms with Crippen molar-refractivity contribution in [3.63, 3.8) is 0 Å². The van der Waals surface area contributed by atoms with Crippen LogP contribution in [0.2, 0.25) is 0 Å². The summed E-state index contributed by atoms with van der Waals surface area (Å²) in [6.45, 7) is 2.00. The number of aliphatic hydroxyl groups excluding tert-OH is 1. The van der Waals surface area contributed by atoms with Crippen molar-refractivity contribution in [2.45, 2.75) is 32.2 Å². The Balaban J connectivity index is 1.50. The van der Waals surface area contributed by atoms with Gasteiger partial charge in [0.05, 0.1) is 0 Å². The molecule has 0 spiro atoms. The summed E-state index contributed by atoms with van der Waals surface area (Å²) in [5.74, 6) is -4.74. The Morgan fingerprint density at radius 2 is 1.54 bits per heavy atom. The molecule has 0 fully saturated rings. The maximum atomic E-state index is 14.7. The van der Waals surface area contributed by atoms with E-state index in [0.717, 1.165) is 12.0 Å². The predicted molar refractivity (Wildman–Crippen MR) is 126 cm³/mol. The van der Waals surface area contributed by atoms with E-state index in [0.29, 0.717) is 11.1 Å². The highest BCUT2D eigenvalue weighted by Gasteiger charge is 2.26. The molecule has 1 aliphatic rings. The topological polar surface area (TPSA) is 38.7 Å². The van der Waals surface area contributed by atoms with E-state index in [1.165, 1.54) is 49.6 Å². The minimum atomic E-state index is -1.61. The third-order valence-corrected chi connectivity index (χ3v) is 6.01. The van der Waals surface area contributed by atoms with Crippen molar-refractivity contribution in [2.75, 3.05) is 7.11 Å². The molecular formula is C28H24F4O3. The van der Waals surface area contributed by atoms with Crippen LogP contribution in [0.5, 0.6) is 5.75 Å². The summed E-state index contributed by atoms with van der Waals surface area (Å²) in [4.78, 5) is 0. The lowest BCUT2D eigenvalue weighted by Gasteiger charge is -2.20. The van der Waals surface area contributed by atoms with Crippen molar-refractivity contribution in [3.8, 4) is 16.9 Å². The fraction of sp³-hybridized carbons (Fsp3) is 0.214. The minimum absolute atomic E-state index is 0.0773. The molecule has 0 bridgehead atoms. The number of methoxy groups -OCH3 is 1. The average Bonchev–Trinajstić information content (AvgIpc) is 2.88. The largest absolute Gasteiger partial charge is 0.458 e. The van der Waals surface area contributed by atoms with Gasteiger partial charge in [0.1, 0.15) is 6.10 Å². The number of ether oxygens (including phenoxy) is 2. The zero-order chi connectivity index (χ0) is 25.1. The highest BCUT2D eigenvalue weighted by molar-refractivity contribution is 5.79. The van der Waals surface area contributed by atoms with Crippen LogP contribution in [-0.4, -0.2) is 18.3 Å². The van der Waals surface area contributed by atoms with Crippen LogP contribution in [0, 0.1) is 11.6 Å². The molecule has 0 aromatic heterocycles. The Bertz CT molecular complexity index is 1260. The van der Waals surface area contributed by atoms with Gasteiger partial charge in [-0.2, -0.15) is 4.39 Å². The van der Waals surface area contributed by atoms with E-state index in [2.05, 4.69) is 0 Å². The fourth-order valence-corrected chi connectivity index (χ4v) is 3.91. The van der Waals surface area contributed by atoms with E-state index in [-0.39, 0.29) is 23.1 Å². The molecule has 2 unspecified atom stereocenters. The van der Waals surface area contributed by atoms with Crippen LogP contribution in [0.3, 0.4) is 0 Å². The number of hydrogen-bond donors (Lipinski definition) is 1. The van der Waals surface area contributed by atoms with Gasteiger partial charge in [-0.25, -0.2) is 13.2 Å². The zero-order valence-electron chi connectivity index (χ0n) is 19.2. The summed E-state index contributed by atoms with van der Waals surface area (Å²) in [7, 11) is 1.30. The van der Waals surface area contributed by atoms with Gasteiger partial charge in [-0.3, -0.25) is 0 Å². The lowest BCUT2D eigenvalue weighted by molar-refractivity contribution is -0.0224. The van der Waals surface area contributed by atoms with Crippen molar-refractivity contribution in [3.05, 3.63) is 107 Å². The molecule has 0 saturated heterocycles. The van der Waals surface area contributed by atoms with Crippen molar-refractivity contribution in [1.29, 1.82) is 0 Å². The Hall–Kier alpha value is -3.42. The van der Waals surface area contributed by atoms with E-state index >= 15 is 0 Å². The number of aryl methyl sites for hydroxylation is 1. The van der Waals surface area contributed by atoms with E-state index in [4.69, 9.17) is 9.47 Å². The van der Waals surface area contributed by atoms with Gasteiger partial charge in [0, 0.05) is 23.8 Å². The van der Waals surface area contributed by atoms with Crippen LogP contribution >= 0.6 is 0 Å². The normalized spacial score (nSPS) is 16.8. The summed E-state index contributed by atoms with van der Waals surface area (Å²) in [5, 5.41) is 10.4. The van der Waals surface area contributed by atoms with Crippen LogP contribution in [0.25, 0.3) is 16.7 Å². The summed E-state index contributed by atoms with van der Waals surface area (Å²) < 4.78 is 68.1. The molecule has 35 heavy (non-hydrogen) atoms. The van der Waals surface area contributed by atoms with E-state index in [1.807, 2.05) is 19.1 Å². The molecule has 182 valence electrons. The minimum Gasteiger partial charge on any atom is -0.458 e. The summed E-state index contributed by atoms with van der Waals surface area (Å²) in [5.41, 5.74) is 2.37. The number of aliphatic hydroxyl groups is 1. The monoisotopic (exact) mass is 484 g/mol. The second kappa shape index (κ2) is 10.5. The van der Waals surface area contributed by atoms with Crippen LogP contribution in [-0.2, 0) is 11.2 Å². The molecule has 0 heterocycles. The fourth-order valence-electron chi connectivity index (χ4n) is 3.91. The second-order valence-corrected chi connectivity index (χ2v) is 8.12. The summed E-state index contributed by atoms with van der Waals surface area (Å²) in [6, 6.07) is 15.6. The van der Waals surface area contributed by atoms with Gasteiger partial charge in [0.25, 0.3) is 0 Å².